The van der Waals surface area contributed by atoms with Gasteiger partial charge in [-0.1, -0.05) is 60.7 Å². The lowest BCUT2D eigenvalue weighted by Gasteiger charge is -2.50. The van der Waals surface area contributed by atoms with Gasteiger partial charge in [-0.15, -0.1) is 0 Å². The van der Waals surface area contributed by atoms with E-state index in [2.05, 4.69) is 0 Å². The fraction of sp³-hybridized carbons (Fsp3) is 0.543. The lowest BCUT2D eigenvalue weighted by molar-refractivity contribution is -0.395. The molecule has 0 aromatic heterocycles. The average molecular weight is 703 g/mol. The number of carbonyl (C=O) groups excluding carboxylic acids is 4. The molecule has 50 heavy (non-hydrogen) atoms. The highest BCUT2D eigenvalue weighted by Crippen LogP contribution is 2.39. The third kappa shape index (κ3) is 9.42. The van der Waals surface area contributed by atoms with Crippen molar-refractivity contribution < 1.29 is 71.3 Å². The predicted octanol–water partition coefficient (Wildman–Crippen LogP) is 2.53. The first-order valence-electron chi connectivity index (χ1n) is 16.2. The van der Waals surface area contributed by atoms with Gasteiger partial charge in [0.05, 0.1) is 13.2 Å². The van der Waals surface area contributed by atoms with E-state index in [1.807, 2.05) is 60.7 Å². The number of hydrogen-bond acceptors (Lipinski definition) is 15. The van der Waals surface area contributed by atoms with E-state index in [0.717, 1.165) is 31.9 Å². The van der Waals surface area contributed by atoms with Crippen molar-refractivity contribution in [2.24, 2.45) is 0 Å². The maximum atomic E-state index is 12.5. The van der Waals surface area contributed by atoms with Crippen molar-refractivity contribution >= 4 is 23.9 Å². The van der Waals surface area contributed by atoms with Gasteiger partial charge in [0.1, 0.15) is 37.1 Å². The number of benzene rings is 2. The first-order valence-corrected chi connectivity index (χ1v) is 16.2. The summed E-state index contributed by atoms with van der Waals surface area (Å²) in [4.78, 5) is 48.8. The van der Waals surface area contributed by atoms with Crippen LogP contribution in [0.1, 0.15) is 45.1 Å². The molecular weight excluding hydrogens is 660 g/mol. The van der Waals surface area contributed by atoms with Crippen LogP contribution in [0.4, 0.5) is 0 Å². The van der Waals surface area contributed by atoms with Crippen LogP contribution < -0.4 is 0 Å². The smallest absolute Gasteiger partial charge is 0.303 e. The van der Waals surface area contributed by atoms with E-state index in [1.54, 1.807) is 0 Å². The Morgan fingerprint density at radius 1 is 0.680 bits per heavy atom. The van der Waals surface area contributed by atoms with Gasteiger partial charge in [0.25, 0.3) is 0 Å². The molecule has 1 unspecified atom stereocenters. The molecule has 11 atom stereocenters. The molecular formula is C35H42O15. The highest BCUT2D eigenvalue weighted by atomic mass is 16.8. The van der Waals surface area contributed by atoms with Crippen molar-refractivity contribution in [1.29, 1.82) is 0 Å². The minimum Gasteiger partial charge on any atom is -0.463 e. The molecule has 0 bridgehead atoms. The van der Waals surface area contributed by atoms with Gasteiger partial charge in [0.15, 0.2) is 37.2 Å². The summed E-state index contributed by atoms with van der Waals surface area (Å²) in [7, 11) is 1.42. The van der Waals surface area contributed by atoms with Crippen molar-refractivity contribution in [1.82, 2.24) is 0 Å². The van der Waals surface area contributed by atoms with E-state index in [9.17, 15) is 19.2 Å². The second-order valence-electron chi connectivity index (χ2n) is 11.9. The van der Waals surface area contributed by atoms with Crippen molar-refractivity contribution in [3.63, 3.8) is 0 Å². The quantitative estimate of drug-likeness (QED) is 0.233. The number of hydrogen-bond donors (Lipinski definition) is 0. The van der Waals surface area contributed by atoms with Gasteiger partial charge in [0.2, 0.25) is 0 Å². The Morgan fingerprint density at radius 3 is 1.92 bits per heavy atom. The summed E-state index contributed by atoms with van der Waals surface area (Å²) in [5.74, 6) is -2.96. The van der Waals surface area contributed by atoms with Crippen LogP contribution in [0.25, 0.3) is 0 Å². The van der Waals surface area contributed by atoms with E-state index in [0.29, 0.717) is 0 Å². The fourth-order valence-electron chi connectivity index (χ4n) is 6.07. The fourth-order valence-corrected chi connectivity index (χ4v) is 6.07. The van der Waals surface area contributed by atoms with Crippen LogP contribution in [0.5, 0.6) is 0 Å². The summed E-state index contributed by atoms with van der Waals surface area (Å²) in [5.41, 5.74) is 1.64. The van der Waals surface area contributed by atoms with E-state index < -0.39 is 98.2 Å². The van der Waals surface area contributed by atoms with Crippen LogP contribution in [0.2, 0.25) is 0 Å². The molecule has 3 aliphatic heterocycles. The molecule has 2 aromatic carbocycles. The number of esters is 4. The Labute approximate surface area is 289 Å². The van der Waals surface area contributed by atoms with Crippen LogP contribution in [0.3, 0.4) is 0 Å². The Morgan fingerprint density at radius 2 is 1.30 bits per heavy atom. The van der Waals surface area contributed by atoms with Gasteiger partial charge in [0, 0.05) is 40.4 Å². The summed E-state index contributed by atoms with van der Waals surface area (Å²) >= 11 is 0. The second kappa shape index (κ2) is 17.3. The van der Waals surface area contributed by atoms with Gasteiger partial charge >= 0.3 is 23.9 Å². The van der Waals surface area contributed by atoms with Crippen LogP contribution in [0, 0.1) is 0 Å². The molecule has 0 N–H and O–H groups in total. The van der Waals surface area contributed by atoms with Crippen molar-refractivity contribution in [2.75, 3.05) is 20.3 Å². The Balaban J connectivity index is 1.51. The molecule has 0 spiro atoms. The third-order valence-electron chi connectivity index (χ3n) is 8.11. The summed E-state index contributed by atoms with van der Waals surface area (Å²) < 4.78 is 65.8. The van der Waals surface area contributed by atoms with Gasteiger partial charge in [-0.2, -0.15) is 0 Å². The summed E-state index contributed by atoms with van der Waals surface area (Å²) in [6, 6.07) is 18.8. The number of rotatable bonds is 12. The first kappa shape index (κ1) is 37.3. The standard InChI is InChI=1S/C35H42O15/c1-19(36)41-17-25-28(44-20(2)37)30(45-21(3)38)32(46-22(4)39)35(48-25)50-31-29(42-16-23-12-8-6-9-13-23)27-26(47-34(31)40-5)18-43-33(49-27)24-14-10-7-11-15-24/h6-15,25-35H,16-18H2,1-5H3/t25-,26-,27-,28-,29+,30+,31-,32-,33?,34+,35+/m1/s1. The van der Waals surface area contributed by atoms with E-state index >= 15 is 0 Å². The first-order chi connectivity index (χ1) is 24.0. The number of carbonyl (C=O) groups is 4. The second-order valence-corrected chi connectivity index (χ2v) is 11.9. The zero-order valence-electron chi connectivity index (χ0n) is 28.4. The molecule has 3 aliphatic rings. The number of fused-ring (bicyclic) bond motifs is 1. The molecule has 0 radical (unpaired) electrons. The molecule has 3 fully saturated rings. The largest absolute Gasteiger partial charge is 0.463 e. The van der Waals surface area contributed by atoms with E-state index in [-0.39, 0.29) is 13.2 Å². The molecule has 272 valence electrons. The van der Waals surface area contributed by atoms with Gasteiger partial charge in [-0.05, 0) is 5.56 Å². The normalized spacial score (nSPS) is 32.2. The number of methoxy groups -OCH3 is 1. The minimum atomic E-state index is -1.52. The zero-order valence-corrected chi connectivity index (χ0v) is 28.4. The summed E-state index contributed by atoms with van der Waals surface area (Å²) in [6.07, 6.45) is -12.3. The molecule has 0 aliphatic carbocycles. The van der Waals surface area contributed by atoms with Gasteiger partial charge in [-0.25, -0.2) is 0 Å². The van der Waals surface area contributed by atoms with Crippen LogP contribution in [0.15, 0.2) is 60.7 Å². The van der Waals surface area contributed by atoms with Gasteiger partial charge < -0.3 is 52.1 Å². The lowest BCUT2D eigenvalue weighted by Crippen LogP contribution is -2.67. The van der Waals surface area contributed by atoms with Crippen molar-refractivity contribution in [3.8, 4) is 0 Å². The molecule has 15 heteroatoms. The highest BCUT2D eigenvalue weighted by Gasteiger charge is 2.57. The monoisotopic (exact) mass is 702 g/mol. The number of ether oxygens (including phenoxy) is 11. The minimum absolute atomic E-state index is 0.140. The van der Waals surface area contributed by atoms with Crippen LogP contribution in [-0.4, -0.2) is 106 Å². The molecule has 15 nitrogen and oxygen atoms in total. The van der Waals surface area contributed by atoms with Crippen molar-refractivity contribution in [3.05, 3.63) is 71.8 Å². The zero-order chi connectivity index (χ0) is 35.8. The summed E-state index contributed by atoms with van der Waals surface area (Å²) in [5, 5.41) is 0. The average Bonchev–Trinajstić information content (AvgIpc) is 3.09. The molecule has 3 saturated heterocycles. The third-order valence-corrected chi connectivity index (χ3v) is 8.11. The SMILES string of the molecule is CO[C@H]1O[C@@H]2COC(c3ccccc3)O[C@H]2[C@H](OCc2ccccc2)[C@H]1O[C@@H]1O[C@H](COC(C)=O)[C@@H](OC(C)=O)[C@H](OC(C)=O)[C@H]1OC(C)=O. The van der Waals surface area contributed by atoms with E-state index in [4.69, 9.17) is 52.1 Å². The molecule has 2 aromatic rings. The molecule has 0 amide bonds. The van der Waals surface area contributed by atoms with Crippen LogP contribution in [-0.2, 0) is 77.9 Å². The predicted molar refractivity (Wildman–Crippen MR) is 168 cm³/mol. The van der Waals surface area contributed by atoms with E-state index in [1.165, 1.54) is 14.0 Å². The Bertz CT molecular complexity index is 1440. The van der Waals surface area contributed by atoms with Crippen molar-refractivity contribution in [2.45, 2.75) is 102 Å². The molecule has 5 rings (SSSR count). The highest BCUT2D eigenvalue weighted by molar-refractivity contribution is 5.68. The Hall–Kier alpha value is -3.96. The topological polar surface area (TPSA) is 170 Å². The maximum Gasteiger partial charge on any atom is 0.303 e. The maximum absolute atomic E-state index is 12.5. The Kier molecular flexibility index (Phi) is 12.9. The molecule has 0 saturated carbocycles. The molecule has 3 heterocycles. The summed E-state index contributed by atoms with van der Waals surface area (Å²) in [6.45, 7) is 4.46. The van der Waals surface area contributed by atoms with Crippen LogP contribution >= 0.6 is 0 Å². The lowest BCUT2D eigenvalue weighted by atomic mass is 9.95. The van der Waals surface area contributed by atoms with Gasteiger partial charge in [-0.3, -0.25) is 19.2 Å².